The summed E-state index contributed by atoms with van der Waals surface area (Å²) in [6.45, 7) is 4.39. The summed E-state index contributed by atoms with van der Waals surface area (Å²) >= 11 is 0.966. The number of likely N-dealkylation sites (N-methyl/N-ethyl adjacent to an activating group) is 1. The van der Waals surface area contributed by atoms with Crippen LogP contribution in [0.2, 0.25) is 0 Å². The van der Waals surface area contributed by atoms with Crippen LogP contribution in [0.1, 0.15) is 38.2 Å². The average Bonchev–Trinajstić information content (AvgIpc) is 3.74. The first-order chi connectivity index (χ1) is 20.7. The van der Waals surface area contributed by atoms with Gasteiger partial charge in [-0.25, -0.2) is 13.2 Å². The van der Waals surface area contributed by atoms with E-state index in [2.05, 4.69) is 28.2 Å². The van der Waals surface area contributed by atoms with Crippen LogP contribution >= 0.6 is 11.3 Å². The number of ether oxygens (including phenoxy) is 1. The van der Waals surface area contributed by atoms with E-state index in [0.717, 1.165) is 43.7 Å². The van der Waals surface area contributed by atoms with Crippen LogP contribution in [0.15, 0.2) is 24.3 Å². The number of halogens is 3. The fourth-order valence-electron chi connectivity index (χ4n) is 7.37. The lowest BCUT2D eigenvalue weighted by molar-refractivity contribution is 0.107. The highest BCUT2D eigenvalue weighted by Gasteiger charge is 2.49. The molecule has 3 N–H and O–H groups in total. The molecule has 224 valence electrons. The minimum Gasteiger partial charge on any atom is -0.461 e. The first-order valence-corrected chi connectivity index (χ1v) is 15.4. The van der Waals surface area contributed by atoms with E-state index in [0.29, 0.717) is 29.7 Å². The molecule has 0 unspecified atom stereocenters. The number of thiophene rings is 1. The van der Waals surface area contributed by atoms with E-state index in [1.165, 1.54) is 12.1 Å². The molecule has 7 rings (SSSR count). The van der Waals surface area contributed by atoms with Crippen molar-refractivity contribution < 1.29 is 17.9 Å². The van der Waals surface area contributed by atoms with Gasteiger partial charge in [-0.05, 0) is 57.0 Å². The first-order valence-electron chi connectivity index (χ1n) is 14.6. The van der Waals surface area contributed by atoms with Gasteiger partial charge in [-0.2, -0.15) is 15.2 Å². The highest BCUT2D eigenvalue weighted by Crippen LogP contribution is 2.44. The average molecular weight is 608 g/mol. The number of hydrogen-bond acceptors (Lipinski definition) is 9. The molecule has 8 nitrogen and oxygen atoms in total. The lowest BCUT2D eigenvalue weighted by atomic mass is 9.95. The number of nitrogens with zero attached hydrogens (tertiary/aromatic N) is 5. The van der Waals surface area contributed by atoms with Gasteiger partial charge in [0.1, 0.15) is 41.0 Å². The summed E-state index contributed by atoms with van der Waals surface area (Å²) in [5.74, 6) is -0.630. The standard InChI is InChI=1S/C31H32F3N7OS/c1-16-23(8-10-37-16)40(2)29-20-5-4-19(18-6-7-22(33)27-24(18)21(13-35)28(36)43-27)25(34)26(20)38-30(39-29)42-15-31-9-3-11-41(31)14-17(32)12-31/h4-7,16-17,23,37H,3,8-12,14-15,36H2,1-2H3/t16-,17-,23-,31+/m1/s1. The molecular weight excluding hydrogens is 575 g/mol. The van der Waals surface area contributed by atoms with E-state index in [9.17, 15) is 14.0 Å². The Morgan fingerprint density at radius 1 is 1.26 bits per heavy atom. The summed E-state index contributed by atoms with van der Waals surface area (Å²) in [6, 6.07) is 8.48. The van der Waals surface area contributed by atoms with Crippen molar-refractivity contribution in [3.8, 4) is 23.2 Å². The number of rotatable bonds is 6. The van der Waals surface area contributed by atoms with Crippen LogP contribution in [0.5, 0.6) is 6.01 Å². The molecule has 3 saturated heterocycles. The Morgan fingerprint density at radius 3 is 2.84 bits per heavy atom. The molecule has 0 bridgehead atoms. The Hall–Kier alpha value is -3.66. The lowest BCUT2D eigenvalue weighted by Crippen LogP contribution is -2.43. The Bertz CT molecular complexity index is 1790. The second kappa shape index (κ2) is 10.5. The van der Waals surface area contributed by atoms with Crippen LogP contribution in [0.4, 0.5) is 24.0 Å². The number of nitrogen functional groups attached to an aromatic ring is 1. The normalized spacial score (nSPS) is 25.4. The summed E-state index contributed by atoms with van der Waals surface area (Å²) in [5.41, 5.74) is 6.31. The van der Waals surface area contributed by atoms with Crippen LogP contribution in [0, 0.1) is 23.0 Å². The number of benzene rings is 2. The summed E-state index contributed by atoms with van der Waals surface area (Å²) in [5, 5.41) is 14.2. The largest absolute Gasteiger partial charge is 0.461 e. The third-order valence-electron chi connectivity index (χ3n) is 9.53. The number of alkyl halides is 1. The van der Waals surface area contributed by atoms with Crippen molar-refractivity contribution in [2.75, 3.05) is 43.9 Å². The van der Waals surface area contributed by atoms with E-state index in [1.54, 1.807) is 12.1 Å². The molecule has 5 heterocycles. The summed E-state index contributed by atoms with van der Waals surface area (Å²) < 4.78 is 52.2. The molecular formula is C31H32F3N7OS. The van der Waals surface area contributed by atoms with Gasteiger partial charge < -0.3 is 20.7 Å². The van der Waals surface area contributed by atoms with Gasteiger partial charge in [0.05, 0.1) is 15.8 Å². The number of nitriles is 1. The topological polar surface area (TPSA) is 103 Å². The maximum atomic E-state index is 16.7. The summed E-state index contributed by atoms with van der Waals surface area (Å²) in [4.78, 5) is 13.5. The zero-order chi connectivity index (χ0) is 30.0. The second-order valence-electron chi connectivity index (χ2n) is 12.0. The number of fused-ring (bicyclic) bond motifs is 3. The predicted molar refractivity (Wildman–Crippen MR) is 162 cm³/mol. The Kier molecular flexibility index (Phi) is 6.87. The number of nitrogens with two attached hydrogens (primary N) is 1. The molecule has 0 saturated carbocycles. The molecule has 3 fully saturated rings. The molecule has 4 atom stereocenters. The molecule has 0 amide bonds. The fourth-order valence-corrected chi connectivity index (χ4v) is 8.32. The molecule has 0 spiro atoms. The third kappa shape index (κ3) is 4.48. The third-order valence-corrected chi connectivity index (χ3v) is 10.6. The smallest absolute Gasteiger partial charge is 0.319 e. The molecule has 4 aromatic rings. The summed E-state index contributed by atoms with van der Waals surface area (Å²) in [6.07, 6.45) is 2.17. The molecule has 2 aromatic carbocycles. The van der Waals surface area contributed by atoms with Gasteiger partial charge in [0.25, 0.3) is 0 Å². The Morgan fingerprint density at radius 2 is 2.07 bits per heavy atom. The minimum absolute atomic E-state index is 0.0225. The number of nitrogens with one attached hydrogen (secondary N) is 1. The van der Waals surface area contributed by atoms with E-state index >= 15 is 4.39 Å². The van der Waals surface area contributed by atoms with Crippen molar-refractivity contribution in [1.82, 2.24) is 20.2 Å². The van der Waals surface area contributed by atoms with Gasteiger partial charge in [0.2, 0.25) is 0 Å². The molecule has 43 heavy (non-hydrogen) atoms. The highest BCUT2D eigenvalue weighted by molar-refractivity contribution is 7.23. The van der Waals surface area contributed by atoms with Gasteiger partial charge in [0, 0.05) is 48.4 Å². The van der Waals surface area contributed by atoms with Crippen LogP contribution in [0.3, 0.4) is 0 Å². The fraction of sp³-hybridized carbons (Fsp3) is 0.452. The van der Waals surface area contributed by atoms with Crippen molar-refractivity contribution >= 4 is 43.1 Å². The molecule has 0 aliphatic carbocycles. The Labute approximate surface area is 251 Å². The minimum atomic E-state index is -0.906. The van der Waals surface area contributed by atoms with Crippen molar-refractivity contribution in [3.05, 3.63) is 41.5 Å². The number of anilines is 2. The van der Waals surface area contributed by atoms with E-state index in [1.807, 2.05) is 11.9 Å². The molecule has 2 aromatic heterocycles. The quantitative estimate of drug-likeness (QED) is 0.301. The van der Waals surface area contributed by atoms with Gasteiger partial charge in [-0.3, -0.25) is 4.90 Å². The SMILES string of the molecule is C[C@H]1NCC[C@H]1N(C)c1nc(OC[C@@]23CCCN2C[C@H](F)C3)nc2c(F)c(-c3ccc(F)c4sc(N)c(C#N)c34)ccc12. The zero-order valence-electron chi connectivity index (χ0n) is 24.0. The number of hydrogen-bond donors (Lipinski definition) is 2. The summed E-state index contributed by atoms with van der Waals surface area (Å²) in [7, 11) is 1.93. The van der Waals surface area contributed by atoms with Crippen molar-refractivity contribution in [3.63, 3.8) is 0 Å². The van der Waals surface area contributed by atoms with Crippen LogP contribution in [0.25, 0.3) is 32.1 Å². The molecule has 0 radical (unpaired) electrons. The van der Waals surface area contributed by atoms with Gasteiger partial charge in [-0.1, -0.05) is 12.1 Å². The highest BCUT2D eigenvalue weighted by atomic mass is 32.1. The van der Waals surface area contributed by atoms with E-state index < -0.39 is 23.3 Å². The Balaban J connectivity index is 1.37. The first kappa shape index (κ1) is 28.1. The van der Waals surface area contributed by atoms with Crippen molar-refractivity contribution in [2.45, 2.75) is 56.4 Å². The molecule has 3 aliphatic rings. The lowest BCUT2D eigenvalue weighted by Gasteiger charge is -2.32. The number of aromatic nitrogens is 2. The van der Waals surface area contributed by atoms with Crippen molar-refractivity contribution in [1.29, 1.82) is 5.26 Å². The second-order valence-corrected chi connectivity index (χ2v) is 13.0. The zero-order valence-corrected chi connectivity index (χ0v) is 24.8. The predicted octanol–water partition coefficient (Wildman–Crippen LogP) is 5.39. The molecule has 3 aliphatic heterocycles. The van der Waals surface area contributed by atoms with Gasteiger partial charge in [-0.15, -0.1) is 11.3 Å². The van der Waals surface area contributed by atoms with Crippen LogP contribution < -0.4 is 20.7 Å². The van der Waals surface area contributed by atoms with Crippen LogP contribution in [-0.4, -0.2) is 72.0 Å². The van der Waals surface area contributed by atoms with Crippen molar-refractivity contribution in [2.24, 2.45) is 0 Å². The van der Waals surface area contributed by atoms with Crippen LogP contribution in [-0.2, 0) is 0 Å². The van der Waals surface area contributed by atoms with E-state index in [-0.39, 0.29) is 56.4 Å². The van der Waals surface area contributed by atoms with Gasteiger partial charge >= 0.3 is 6.01 Å². The monoisotopic (exact) mass is 607 g/mol. The molecule has 12 heteroatoms. The maximum absolute atomic E-state index is 16.7. The maximum Gasteiger partial charge on any atom is 0.319 e. The van der Waals surface area contributed by atoms with Gasteiger partial charge in [0.15, 0.2) is 5.82 Å². The van der Waals surface area contributed by atoms with E-state index in [4.69, 9.17) is 15.5 Å².